The van der Waals surface area contributed by atoms with Crippen molar-refractivity contribution in [1.82, 2.24) is 0 Å². The molecule has 3 heteroatoms. The van der Waals surface area contributed by atoms with E-state index < -0.39 is 0 Å². The first-order valence-electron chi connectivity index (χ1n) is 6.63. The highest BCUT2D eigenvalue weighted by molar-refractivity contribution is 5.95. The van der Waals surface area contributed by atoms with Gasteiger partial charge in [-0.1, -0.05) is 30.6 Å². The average Bonchev–Trinajstić information content (AvgIpc) is 2.47. The van der Waals surface area contributed by atoms with Crippen LogP contribution in [0.5, 0.6) is 5.75 Å². The van der Waals surface area contributed by atoms with Gasteiger partial charge < -0.3 is 9.94 Å². The third-order valence-electron chi connectivity index (χ3n) is 4.17. The van der Waals surface area contributed by atoms with Gasteiger partial charge in [-0.15, -0.1) is 0 Å². The number of nitrogens with zero attached hydrogens (tertiary/aromatic N) is 1. The molecular weight excluding hydrogens is 226 g/mol. The van der Waals surface area contributed by atoms with Gasteiger partial charge in [0.1, 0.15) is 5.75 Å². The molecule has 0 heterocycles. The summed E-state index contributed by atoms with van der Waals surface area (Å²) in [4.78, 5) is 0. The second kappa shape index (κ2) is 5.42. The molecule has 0 spiro atoms. The van der Waals surface area contributed by atoms with Gasteiger partial charge in [-0.2, -0.15) is 0 Å². The van der Waals surface area contributed by atoms with Gasteiger partial charge >= 0.3 is 0 Å². The van der Waals surface area contributed by atoms with Crippen molar-refractivity contribution in [3.8, 4) is 5.75 Å². The van der Waals surface area contributed by atoms with Crippen molar-refractivity contribution >= 4 is 5.71 Å². The largest absolute Gasteiger partial charge is 0.497 e. The maximum Gasteiger partial charge on any atom is 0.119 e. The van der Waals surface area contributed by atoms with Crippen molar-refractivity contribution in [2.45, 2.75) is 44.4 Å². The fourth-order valence-electron chi connectivity index (χ4n) is 3.07. The minimum Gasteiger partial charge on any atom is -0.497 e. The van der Waals surface area contributed by atoms with Crippen LogP contribution >= 0.6 is 0 Å². The fraction of sp³-hybridized carbons (Fsp3) is 0.533. The van der Waals surface area contributed by atoms with Crippen molar-refractivity contribution in [1.29, 1.82) is 0 Å². The zero-order valence-corrected chi connectivity index (χ0v) is 11.1. The molecule has 0 radical (unpaired) electrons. The summed E-state index contributed by atoms with van der Waals surface area (Å²) in [5.74, 6) is 0.864. The van der Waals surface area contributed by atoms with E-state index in [0.717, 1.165) is 37.1 Å². The molecule has 3 nitrogen and oxygen atoms in total. The molecule has 98 valence electrons. The molecule has 1 aliphatic rings. The number of rotatable bonds is 3. The fourth-order valence-corrected chi connectivity index (χ4v) is 3.07. The molecule has 0 unspecified atom stereocenters. The van der Waals surface area contributed by atoms with Crippen molar-refractivity contribution in [3.63, 3.8) is 0 Å². The van der Waals surface area contributed by atoms with Gasteiger partial charge in [0.2, 0.25) is 0 Å². The number of hydrogen-bond acceptors (Lipinski definition) is 3. The van der Waals surface area contributed by atoms with E-state index in [4.69, 9.17) is 4.74 Å². The second-order valence-electron chi connectivity index (χ2n) is 4.92. The molecule has 0 aromatic heterocycles. The zero-order valence-electron chi connectivity index (χ0n) is 11.1. The van der Waals surface area contributed by atoms with Crippen molar-refractivity contribution < 1.29 is 9.94 Å². The van der Waals surface area contributed by atoms with Gasteiger partial charge in [-0.05, 0) is 43.4 Å². The molecule has 0 amide bonds. The highest BCUT2D eigenvalue weighted by Gasteiger charge is 2.38. The van der Waals surface area contributed by atoms with E-state index in [-0.39, 0.29) is 5.41 Å². The van der Waals surface area contributed by atoms with E-state index in [2.05, 4.69) is 24.2 Å². The van der Waals surface area contributed by atoms with Crippen LogP contribution in [0.2, 0.25) is 0 Å². The van der Waals surface area contributed by atoms with Crippen LogP contribution in [0.15, 0.2) is 29.4 Å². The summed E-state index contributed by atoms with van der Waals surface area (Å²) in [5.41, 5.74) is 2.02. The maximum absolute atomic E-state index is 9.30. The molecular formula is C15H21NO2. The Labute approximate surface area is 108 Å². The first-order valence-corrected chi connectivity index (χ1v) is 6.63. The molecule has 0 saturated heterocycles. The molecule has 0 bridgehead atoms. The Kier molecular flexibility index (Phi) is 3.90. The quantitative estimate of drug-likeness (QED) is 0.653. The Bertz CT molecular complexity index is 442. The average molecular weight is 247 g/mol. The number of hydrogen-bond donors (Lipinski definition) is 1. The standard InChI is InChI=1S/C15H21NO2/c1-3-15(10-5-4-9-14(15)16-17)12-7-6-8-13(11-12)18-2/h6-8,11,17H,3-5,9-10H2,1-2H3/t15-/m0/s1. The third-order valence-corrected chi connectivity index (χ3v) is 4.17. The zero-order chi connectivity index (χ0) is 13.0. The van der Waals surface area contributed by atoms with Gasteiger partial charge in [0.25, 0.3) is 0 Å². The van der Waals surface area contributed by atoms with Crippen LogP contribution < -0.4 is 4.74 Å². The molecule has 1 atom stereocenters. The van der Waals surface area contributed by atoms with Gasteiger partial charge in [0, 0.05) is 5.41 Å². The smallest absolute Gasteiger partial charge is 0.119 e. The lowest BCUT2D eigenvalue weighted by Crippen LogP contribution is -2.38. The topological polar surface area (TPSA) is 41.8 Å². The van der Waals surface area contributed by atoms with Crippen LogP contribution in [-0.4, -0.2) is 18.0 Å². The van der Waals surface area contributed by atoms with Gasteiger partial charge in [-0.25, -0.2) is 0 Å². The van der Waals surface area contributed by atoms with Crippen LogP contribution in [0.25, 0.3) is 0 Å². The second-order valence-corrected chi connectivity index (χ2v) is 4.92. The Morgan fingerprint density at radius 3 is 2.89 bits per heavy atom. The van der Waals surface area contributed by atoms with Crippen LogP contribution in [0.4, 0.5) is 0 Å². The van der Waals surface area contributed by atoms with E-state index in [1.807, 2.05) is 12.1 Å². The predicted molar refractivity (Wildman–Crippen MR) is 72.7 cm³/mol. The molecule has 18 heavy (non-hydrogen) atoms. The van der Waals surface area contributed by atoms with Gasteiger partial charge in [0.05, 0.1) is 12.8 Å². The van der Waals surface area contributed by atoms with Crippen molar-refractivity contribution in [3.05, 3.63) is 29.8 Å². The number of benzene rings is 1. The summed E-state index contributed by atoms with van der Waals surface area (Å²) < 4.78 is 5.30. The summed E-state index contributed by atoms with van der Waals surface area (Å²) >= 11 is 0. The SMILES string of the molecule is CC[C@@]1(c2cccc(OC)c2)CCCCC1=NO. The first-order chi connectivity index (χ1) is 8.76. The van der Waals surface area contributed by atoms with E-state index in [0.29, 0.717) is 0 Å². The summed E-state index contributed by atoms with van der Waals surface area (Å²) in [6.07, 6.45) is 5.20. The Morgan fingerprint density at radius 1 is 1.39 bits per heavy atom. The van der Waals surface area contributed by atoms with E-state index in [9.17, 15) is 5.21 Å². The van der Waals surface area contributed by atoms with Crippen LogP contribution in [0.3, 0.4) is 0 Å². The monoisotopic (exact) mass is 247 g/mol. The summed E-state index contributed by atoms with van der Waals surface area (Å²) in [6.45, 7) is 2.16. The van der Waals surface area contributed by atoms with E-state index >= 15 is 0 Å². The summed E-state index contributed by atoms with van der Waals surface area (Å²) in [5, 5.41) is 12.9. The number of methoxy groups -OCH3 is 1. The van der Waals surface area contributed by atoms with Crippen molar-refractivity contribution in [2.24, 2.45) is 5.16 Å². The molecule has 1 aliphatic carbocycles. The molecule has 0 aliphatic heterocycles. The van der Waals surface area contributed by atoms with E-state index in [1.54, 1.807) is 7.11 Å². The minimum atomic E-state index is -0.110. The Balaban J connectivity index is 2.47. The third kappa shape index (κ3) is 2.09. The van der Waals surface area contributed by atoms with Crippen LogP contribution in [0.1, 0.15) is 44.6 Å². The highest BCUT2D eigenvalue weighted by Crippen LogP contribution is 2.41. The maximum atomic E-state index is 9.30. The van der Waals surface area contributed by atoms with Gasteiger partial charge in [0.15, 0.2) is 0 Å². The number of ether oxygens (including phenoxy) is 1. The molecule has 1 saturated carbocycles. The molecule has 2 rings (SSSR count). The van der Waals surface area contributed by atoms with Crippen LogP contribution in [-0.2, 0) is 5.41 Å². The lowest BCUT2D eigenvalue weighted by molar-refractivity contribution is 0.302. The first kappa shape index (κ1) is 12.9. The number of oxime groups is 1. The normalized spacial score (nSPS) is 26.2. The predicted octanol–water partition coefficient (Wildman–Crippen LogP) is 3.75. The lowest BCUT2D eigenvalue weighted by atomic mass is 9.66. The summed E-state index contributed by atoms with van der Waals surface area (Å²) in [6, 6.07) is 8.14. The minimum absolute atomic E-state index is 0.110. The molecule has 1 N–H and O–H groups in total. The highest BCUT2D eigenvalue weighted by atomic mass is 16.5. The molecule has 1 aromatic rings. The Hall–Kier alpha value is -1.51. The molecule has 1 aromatic carbocycles. The Morgan fingerprint density at radius 2 is 2.22 bits per heavy atom. The lowest BCUT2D eigenvalue weighted by Gasteiger charge is -2.37. The van der Waals surface area contributed by atoms with Crippen LogP contribution in [0, 0.1) is 0 Å². The summed E-state index contributed by atoms with van der Waals surface area (Å²) in [7, 11) is 1.68. The van der Waals surface area contributed by atoms with E-state index in [1.165, 1.54) is 12.0 Å². The molecule has 1 fully saturated rings. The van der Waals surface area contributed by atoms with Gasteiger partial charge in [-0.3, -0.25) is 0 Å². The van der Waals surface area contributed by atoms with Crippen molar-refractivity contribution in [2.75, 3.05) is 7.11 Å².